The van der Waals surface area contributed by atoms with Crippen molar-refractivity contribution in [3.8, 4) is 0 Å². The van der Waals surface area contributed by atoms with Gasteiger partial charge in [-0.3, -0.25) is 0 Å². The third-order valence-corrected chi connectivity index (χ3v) is 2.76. The Hall–Kier alpha value is -0.0651. The van der Waals surface area contributed by atoms with Crippen LogP contribution >= 0.6 is 22.6 Å². The molecule has 0 saturated heterocycles. The second-order valence-corrected chi connectivity index (χ2v) is 3.74. The van der Waals surface area contributed by atoms with Crippen molar-refractivity contribution in [1.29, 1.82) is 0 Å². The van der Waals surface area contributed by atoms with E-state index in [9.17, 15) is 0 Å². The first kappa shape index (κ1) is 10.0. The molecule has 2 N–H and O–H groups in total. The van der Waals surface area contributed by atoms with Gasteiger partial charge in [-0.25, -0.2) is 0 Å². The summed E-state index contributed by atoms with van der Waals surface area (Å²) in [4.78, 5) is 0. The van der Waals surface area contributed by atoms with Gasteiger partial charge in [-0.05, 0) is 46.1 Å². The van der Waals surface area contributed by atoms with Crippen molar-refractivity contribution in [2.75, 3.05) is 0 Å². The van der Waals surface area contributed by atoms with Crippen LogP contribution in [0.4, 0.5) is 0 Å². The Morgan fingerprint density at radius 1 is 1.42 bits per heavy atom. The third kappa shape index (κ3) is 2.21. The molecule has 0 spiro atoms. The maximum absolute atomic E-state index is 8.86. The van der Waals surface area contributed by atoms with E-state index in [1.165, 1.54) is 5.56 Å². The first-order valence-corrected chi connectivity index (χ1v) is 4.87. The highest BCUT2D eigenvalue weighted by molar-refractivity contribution is 14.1. The molecule has 0 amide bonds. The van der Waals surface area contributed by atoms with Crippen molar-refractivity contribution in [3.63, 3.8) is 0 Å². The van der Waals surface area contributed by atoms with E-state index >= 15 is 0 Å². The molecule has 0 heterocycles. The molecule has 0 fully saturated rings. The lowest BCUT2D eigenvalue weighted by Crippen LogP contribution is -2.30. The Morgan fingerprint density at radius 3 is 2.50 bits per heavy atom. The van der Waals surface area contributed by atoms with Gasteiger partial charge < -0.3 is 10.0 Å². The largest absolute Gasteiger partial charge is 0.488 e. The van der Waals surface area contributed by atoms with Gasteiger partial charge in [0, 0.05) is 3.57 Å². The average Bonchev–Trinajstić information content (AvgIpc) is 2.04. The Balaban J connectivity index is 3.02. The highest BCUT2D eigenvalue weighted by Crippen LogP contribution is 2.10. The Bertz CT molecular complexity index is 276. The van der Waals surface area contributed by atoms with Gasteiger partial charge in [0.2, 0.25) is 0 Å². The lowest BCUT2D eigenvalue weighted by molar-refractivity contribution is 0.425. The van der Waals surface area contributed by atoms with Gasteiger partial charge in [-0.1, -0.05) is 19.1 Å². The van der Waals surface area contributed by atoms with Gasteiger partial charge >= 0.3 is 7.12 Å². The molecule has 0 unspecified atom stereocenters. The summed E-state index contributed by atoms with van der Waals surface area (Å²) < 4.78 is 1.08. The van der Waals surface area contributed by atoms with E-state index in [-0.39, 0.29) is 0 Å². The molecule has 0 aliphatic heterocycles. The number of rotatable bonds is 2. The zero-order chi connectivity index (χ0) is 9.14. The fourth-order valence-electron chi connectivity index (χ4n) is 1.01. The van der Waals surface area contributed by atoms with Crippen molar-refractivity contribution >= 4 is 35.2 Å². The average molecular weight is 276 g/mol. The van der Waals surface area contributed by atoms with E-state index in [0.717, 1.165) is 9.99 Å². The third-order valence-electron chi connectivity index (χ3n) is 1.76. The van der Waals surface area contributed by atoms with Crippen LogP contribution in [0.2, 0.25) is 0 Å². The normalized spacial score (nSPS) is 10.0. The molecule has 2 nitrogen and oxygen atoms in total. The standard InChI is InChI=1S/C8H10BIO2/c1-2-6-3-4-7(9(11)12)5-8(6)10/h3-5,11-12H,2H2,1H3. The summed E-state index contributed by atoms with van der Waals surface area (Å²) in [5.41, 5.74) is 1.79. The molecule has 0 atom stereocenters. The summed E-state index contributed by atoms with van der Waals surface area (Å²) in [6.45, 7) is 2.08. The van der Waals surface area contributed by atoms with Crippen LogP contribution in [0.5, 0.6) is 0 Å². The molecule has 12 heavy (non-hydrogen) atoms. The Labute approximate surface area is 85.9 Å². The zero-order valence-electron chi connectivity index (χ0n) is 6.79. The lowest BCUT2D eigenvalue weighted by Gasteiger charge is -2.04. The molecule has 0 saturated carbocycles. The van der Waals surface area contributed by atoms with Crippen LogP contribution in [0.1, 0.15) is 12.5 Å². The predicted molar refractivity (Wildman–Crippen MR) is 58.4 cm³/mol. The van der Waals surface area contributed by atoms with Crippen LogP contribution in [0, 0.1) is 3.57 Å². The summed E-state index contributed by atoms with van der Waals surface area (Å²) in [6.07, 6.45) is 0.972. The molecule has 1 aromatic rings. The van der Waals surface area contributed by atoms with Gasteiger partial charge in [-0.15, -0.1) is 0 Å². The molecular formula is C8H10BIO2. The minimum atomic E-state index is -1.36. The summed E-state index contributed by atoms with van der Waals surface area (Å²) in [5.74, 6) is 0. The van der Waals surface area contributed by atoms with E-state index < -0.39 is 7.12 Å². The fourth-order valence-corrected chi connectivity index (χ4v) is 1.93. The van der Waals surface area contributed by atoms with Gasteiger partial charge in [-0.2, -0.15) is 0 Å². The van der Waals surface area contributed by atoms with Crippen LogP contribution in [0.25, 0.3) is 0 Å². The number of hydrogen-bond acceptors (Lipinski definition) is 2. The predicted octanol–water partition coefficient (Wildman–Crippen LogP) is 0.533. The summed E-state index contributed by atoms with van der Waals surface area (Å²) in [5, 5.41) is 17.7. The van der Waals surface area contributed by atoms with E-state index in [0.29, 0.717) is 5.46 Å². The summed E-state index contributed by atoms with van der Waals surface area (Å²) in [7, 11) is -1.36. The number of hydrogen-bond donors (Lipinski definition) is 2. The lowest BCUT2D eigenvalue weighted by atomic mass is 9.80. The van der Waals surface area contributed by atoms with E-state index in [1.54, 1.807) is 12.1 Å². The van der Waals surface area contributed by atoms with Crippen molar-refractivity contribution in [3.05, 3.63) is 27.3 Å². The maximum Gasteiger partial charge on any atom is 0.488 e. The Morgan fingerprint density at radius 2 is 2.08 bits per heavy atom. The Kier molecular flexibility index (Phi) is 3.55. The first-order chi connectivity index (χ1) is 5.65. The van der Waals surface area contributed by atoms with Crippen molar-refractivity contribution < 1.29 is 10.0 Å². The van der Waals surface area contributed by atoms with Crippen molar-refractivity contribution in [2.24, 2.45) is 0 Å². The SMILES string of the molecule is CCc1ccc(B(O)O)cc1I. The number of benzene rings is 1. The molecule has 64 valence electrons. The quantitative estimate of drug-likeness (QED) is 0.611. The van der Waals surface area contributed by atoms with E-state index in [4.69, 9.17) is 10.0 Å². The van der Waals surface area contributed by atoms with Crippen LogP contribution in [0.15, 0.2) is 18.2 Å². The van der Waals surface area contributed by atoms with Gasteiger partial charge in [0.25, 0.3) is 0 Å². The summed E-state index contributed by atoms with van der Waals surface area (Å²) in [6, 6.07) is 5.46. The monoisotopic (exact) mass is 276 g/mol. The first-order valence-electron chi connectivity index (χ1n) is 3.79. The van der Waals surface area contributed by atoms with Crippen LogP contribution in [-0.2, 0) is 6.42 Å². The van der Waals surface area contributed by atoms with Crippen molar-refractivity contribution in [2.45, 2.75) is 13.3 Å². The number of halogens is 1. The van der Waals surface area contributed by atoms with Crippen LogP contribution < -0.4 is 5.46 Å². The smallest absolute Gasteiger partial charge is 0.423 e. The second kappa shape index (κ2) is 4.25. The van der Waals surface area contributed by atoms with Crippen molar-refractivity contribution in [1.82, 2.24) is 0 Å². The zero-order valence-corrected chi connectivity index (χ0v) is 8.95. The van der Waals surface area contributed by atoms with Crippen LogP contribution in [0.3, 0.4) is 0 Å². The molecule has 0 aromatic heterocycles. The molecule has 0 aliphatic carbocycles. The van der Waals surface area contributed by atoms with Gasteiger partial charge in [0.05, 0.1) is 0 Å². The fraction of sp³-hybridized carbons (Fsp3) is 0.250. The van der Waals surface area contributed by atoms with Gasteiger partial charge in [0.15, 0.2) is 0 Å². The maximum atomic E-state index is 8.86. The summed E-state index contributed by atoms with van der Waals surface area (Å²) >= 11 is 2.20. The highest BCUT2D eigenvalue weighted by atomic mass is 127. The van der Waals surface area contributed by atoms with E-state index in [1.807, 2.05) is 6.07 Å². The molecule has 0 aliphatic rings. The van der Waals surface area contributed by atoms with E-state index in [2.05, 4.69) is 29.5 Å². The van der Waals surface area contributed by atoms with Crippen LogP contribution in [-0.4, -0.2) is 17.2 Å². The number of aryl methyl sites for hydroxylation is 1. The molecule has 0 bridgehead atoms. The molecule has 0 radical (unpaired) electrons. The molecule has 4 heteroatoms. The second-order valence-electron chi connectivity index (χ2n) is 2.58. The van der Waals surface area contributed by atoms with Gasteiger partial charge in [0.1, 0.15) is 0 Å². The highest BCUT2D eigenvalue weighted by Gasteiger charge is 2.11. The minimum Gasteiger partial charge on any atom is -0.423 e. The molecular weight excluding hydrogens is 266 g/mol. The molecule has 1 aromatic carbocycles. The topological polar surface area (TPSA) is 40.5 Å². The minimum absolute atomic E-state index is 0.552. The molecule has 1 rings (SSSR count).